The molecular weight excluding hydrogens is 336 g/mol. The van der Waals surface area contributed by atoms with E-state index in [1.807, 2.05) is 10.3 Å². The predicted molar refractivity (Wildman–Crippen MR) is 96.0 cm³/mol. The average Bonchev–Trinajstić information content (AvgIpc) is 3.30. The second-order valence-corrected chi connectivity index (χ2v) is 7.92. The molecule has 1 fully saturated rings. The van der Waals surface area contributed by atoms with Gasteiger partial charge in [-0.15, -0.1) is 11.3 Å². The molecule has 3 heterocycles. The molecular formula is C19H22N2O3S. The van der Waals surface area contributed by atoms with Crippen molar-refractivity contribution in [1.82, 2.24) is 9.80 Å². The van der Waals surface area contributed by atoms with E-state index >= 15 is 0 Å². The van der Waals surface area contributed by atoms with Gasteiger partial charge >= 0.3 is 0 Å². The summed E-state index contributed by atoms with van der Waals surface area (Å²) in [6.45, 7) is 4.53. The Labute approximate surface area is 151 Å². The molecule has 4 rings (SSSR count). The first-order chi connectivity index (χ1) is 12.1. The lowest BCUT2D eigenvalue weighted by Crippen LogP contribution is -2.50. The number of hydrogen-bond acceptors (Lipinski definition) is 4. The number of fused-ring (bicyclic) bond motifs is 1. The number of furan rings is 1. The summed E-state index contributed by atoms with van der Waals surface area (Å²) in [5.41, 5.74) is 2.15. The van der Waals surface area contributed by atoms with E-state index < -0.39 is 0 Å². The molecule has 2 aromatic heterocycles. The SMILES string of the molecule is C[C@H]1CCc2c(C(=O)N3CCN(C(=O)c4ccco4)CC3)csc2C1. The van der Waals surface area contributed by atoms with Gasteiger partial charge in [-0.3, -0.25) is 9.59 Å². The largest absolute Gasteiger partial charge is 0.459 e. The van der Waals surface area contributed by atoms with E-state index in [9.17, 15) is 9.59 Å². The lowest BCUT2D eigenvalue weighted by molar-refractivity contribution is 0.0517. The standard InChI is InChI=1S/C19H22N2O3S/c1-13-4-5-14-15(12-25-17(14)11-13)18(22)20-6-8-21(9-7-20)19(23)16-3-2-10-24-16/h2-3,10,12-13H,4-9,11H2,1H3/t13-/m0/s1. The van der Waals surface area contributed by atoms with Crippen molar-refractivity contribution in [3.05, 3.63) is 45.5 Å². The van der Waals surface area contributed by atoms with Crippen LogP contribution in [0.1, 0.15) is 44.7 Å². The molecule has 1 saturated heterocycles. The molecule has 1 atom stereocenters. The number of piperazine rings is 1. The highest BCUT2D eigenvalue weighted by atomic mass is 32.1. The van der Waals surface area contributed by atoms with Crippen molar-refractivity contribution in [2.75, 3.05) is 26.2 Å². The van der Waals surface area contributed by atoms with Crippen molar-refractivity contribution in [1.29, 1.82) is 0 Å². The van der Waals surface area contributed by atoms with Gasteiger partial charge in [0.25, 0.3) is 11.8 Å². The van der Waals surface area contributed by atoms with Crippen molar-refractivity contribution in [2.24, 2.45) is 5.92 Å². The molecule has 2 aliphatic rings. The lowest BCUT2D eigenvalue weighted by Gasteiger charge is -2.34. The van der Waals surface area contributed by atoms with E-state index in [2.05, 4.69) is 6.92 Å². The first kappa shape index (κ1) is 16.4. The number of carbonyl (C=O) groups excluding carboxylic acids is 2. The number of hydrogen-bond donors (Lipinski definition) is 0. The molecule has 0 spiro atoms. The third-order valence-corrected chi connectivity index (χ3v) is 6.27. The summed E-state index contributed by atoms with van der Waals surface area (Å²) in [5, 5.41) is 2.03. The predicted octanol–water partition coefficient (Wildman–Crippen LogP) is 3.06. The van der Waals surface area contributed by atoms with Gasteiger partial charge in [-0.05, 0) is 42.9 Å². The number of carbonyl (C=O) groups is 2. The molecule has 6 heteroatoms. The molecule has 0 aromatic carbocycles. The summed E-state index contributed by atoms with van der Waals surface area (Å²) in [7, 11) is 0. The molecule has 0 unspecified atom stereocenters. The maximum atomic E-state index is 12.9. The van der Waals surface area contributed by atoms with Crippen LogP contribution in [0.15, 0.2) is 28.2 Å². The van der Waals surface area contributed by atoms with E-state index in [0.717, 1.165) is 24.8 Å². The van der Waals surface area contributed by atoms with Gasteiger partial charge in [0.1, 0.15) is 0 Å². The Morgan fingerprint density at radius 3 is 2.56 bits per heavy atom. The molecule has 132 valence electrons. The Kier molecular flexibility index (Phi) is 4.37. The topological polar surface area (TPSA) is 53.8 Å². The van der Waals surface area contributed by atoms with Gasteiger partial charge < -0.3 is 14.2 Å². The maximum Gasteiger partial charge on any atom is 0.289 e. The van der Waals surface area contributed by atoms with Gasteiger partial charge in [-0.2, -0.15) is 0 Å². The van der Waals surface area contributed by atoms with Crippen LogP contribution in [0.3, 0.4) is 0 Å². The summed E-state index contributed by atoms with van der Waals surface area (Å²) < 4.78 is 5.18. The quantitative estimate of drug-likeness (QED) is 0.829. The fourth-order valence-electron chi connectivity index (χ4n) is 3.70. The maximum absolute atomic E-state index is 12.9. The molecule has 2 amide bonds. The third kappa shape index (κ3) is 3.11. The summed E-state index contributed by atoms with van der Waals surface area (Å²) in [6.07, 6.45) is 4.78. The van der Waals surface area contributed by atoms with Gasteiger partial charge in [0, 0.05) is 36.4 Å². The number of rotatable bonds is 2. The highest BCUT2D eigenvalue weighted by Gasteiger charge is 2.29. The van der Waals surface area contributed by atoms with Gasteiger partial charge in [-0.25, -0.2) is 0 Å². The Balaban J connectivity index is 1.41. The van der Waals surface area contributed by atoms with E-state index in [1.54, 1.807) is 28.4 Å². The van der Waals surface area contributed by atoms with E-state index in [4.69, 9.17) is 4.42 Å². The average molecular weight is 358 g/mol. The molecule has 0 N–H and O–H groups in total. The van der Waals surface area contributed by atoms with Crippen LogP contribution in [0.5, 0.6) is 0 Å². The Morgan fingerprint density at radius 1 is 1.16 bits per heavy atom. The highest BCUT2D eigenvalue weighted by Crippen LogP contribution is 2.33. The Bertz CT molecular complexity index is 773. The third-order valence-electron chi connectivity index (χ3n) is 5.22. The van der Waals surface area contributed by atoms with Crippen molar-refractivity contribution in [3.8, 4) is 0 Å². The van der Waals surface area contributed by atoms with Crippen molar-refractivity contribution in [3.63, 3.8) is 0 Å². The minimum Gasteiger partial charge on any atom is -0.459 e. The van der Waals surface area contributed by atoms with E-state index in [-0.39, 0.29) is 11.8 Å². The van der Waals surface area contributed by atoms with Crippen LogP contribution in [0.2, 0.25) is 0 Å². The monoisotopic (exact) mass is 358 g/mol. The zero-order chi connectivity index (χ0) is 17.4. The molecule has 0 saturated carbocycles. The molecule has 1 aliphatic heterocycles. The van der Waals surface area contributed by atoms with Crippen LogP contribution < -0.4 is 0 Å². The first-order valence-electron chi connectivity index (χ1n) is 8.84. The van der Waals surface area contributed by atoms with Crippen LogP contribution in [-0.4, -0.2) is 47.8 Å². The van der Waals surface area contributed by atoms with Crippen LogP contribution in [0, 0.1) is 5.92 Å². The van der Waals surface area contributed by atoms with Crippen molar-refractivity contribution >= 4 is 23.2 Å². The van der Waals surface area contributed by atoms with Crippen LogP contribution in [0.25, 0.3) is 0 Å². The van der Waals surface area contributed by atoms with Crippen LogP contribution >= 0.6 is 11.3 Å². The van der Waals surface area contributed by atoms with Crippen molar-refractivity contribution < 1.29 is 14.0 Å². The fourth-order valence-corrected chi connectivity index (χ4v) is 4.93. The van der Waals surface area contributed by atoms with Gasteiger partial charge in [-0.1, -0.05) is 6.92 Å². The molecule has 25 heavy (non-hydrogen) atoms. The summed E-state index contributed by atoms with van der Waals surface area (Å²) >= 11 is 1.73. The number of thiophene rings is 1. The lowest BCUT2D eigenvalue weighted by atomic mass is 9.88. The minimum absolute atomic E-state index is 0.0981. The Hall–Kier alpha value is -2.08. The smallest absolute Gasteiger partial charge is 0.289 e. The zero-order valence-corrected chi connectivity index (χ0v) is 15.2. The first-order valence-corrected chi connectivity index (χ1v) is 9.72. The fraction of sp³-hybridized carbons (Fsp3) is 0.474. The summed E-state index contributed by atoms with van der Waals surface area (Å²) in [6, 6.07) is 3.39. The molecule has 5 nitrogen and oxygen atoms in total. The molecule has 2 aromatic rings. The van der Waals surface area contributed by atoms with Crippen LogP contribution in [-0.2, 0) is 12.8 Å². The molecule has 0 radical (unpaired) electrons. The van der Waals surface area contributed by atoms with Gasteiger partial charge in [0.15, 0.2) is 5.76 Å². The van der Waals surface area contributed by atoms with Gasteiger partial charge in [0.2, 0.25) is 0 Å². The van der Waals surface area contributed by atoms with Crippen LogP contribution in [0.4, 0.5) is 0 Å². The zero-order valence-electron chi connectivity index (χ0n) is 14.4. The number of amides is 2. The highest BCUT2D eigenvalue weighted by molar-refractivity contribution is 7.10. The van der Waals surface area contributed by atoms with E-state index in [1.165, 1.54) is 16.7 Å². The minimum atomic E-state index is -0.0981. The Morgan fingerprint density at radius 2 is 1.88 bits per heavy atom. The van der Waals surface area contributed by atoms with E-state index in [0.29, 0.717) is 37.9 Å². The van der Waals surface area contributed by atoms with Gasteiger partial charge in [0.05, 0.1) is 11.8 Å². The molecule has 1 aliphatic carbocycles. The second kappa shape index (κ2) is 6.67. The normalized spacial score (nSPS) is 20.4. The summed E-state index contributed by atoms with van der Waals surface area (Å²) in [5.74, 6) is 1.10. The number of nitrogens with zero attached hydrogens (tertiary/aromatic N) is 2. The second-order valence-electron chi connectivity index (χ2n) is 6.96. The summed E-state index contributed by atoms with van der Waals surface area (Å²) in [4.78, 5) is 30.3. The molecule has 0 bridgehead atoms. The van der Waals surface area contributed by atoms with Crippen molar-refractivity contribution in [2.45, 2.75) is 26.2 Å².